The first kappa shape index (κ1) is 59.4. The summed E-state index contributed by atoms with van der Waals surface area (Å²) in [5.41, 5.74) is 0. The van der Waals surface area contributed by atoms with Crippen molar-refractivity contribution in [2.24, 2.45) is 0 Å². The van der Waals surface area contributed by atoms with Gasteiger partial charge in [0.15, 0.2) is 0 Å². The fourth-order valence-corrected chi connectivity index (χ4v) is 0. The van der Waals surface area contributed by atoms with Crippen LogP contribution in [0, 0.1) is 0 Å². The van der Waals surface area contributed by atoms with Crippen LogP contribution in [0.4, 0.5) is 0 Å². The summed E-state index contributed by atoms with van der Waals surface area (Å²) in [7, 11) is 0. The summed E-state index contributed by atoms with van der Waals surface area (Å²) in [5.74, 6) is 0. The van der Waals surface area contributed by atoms with Gasteiger partial charge >= 0.3 is 0 Å². The third-order valence-electron chi connectivity index (χ3n) is 0. The molecular formula is H6BCoNiPZn. The molecule has 0 saturated carbocycles. The Labute approximate surface area is 70.7 Å². The fraction of sp³-hybridized carbons (Fsp3) is 0. The smallest absolute Gasteiger partial charge is 0.0814 e. The van der Waals surface area contributed by atoms with E-state index in [4.69, 9.17) is 0 Å². The van der Waals surface area contributed by atoms with Crippen molar-refractivity contribution in [1.82, 2.24) is 0 Å². The van der Waals surface area contributed by atoms with Crippen LogP contribution in [0.1, 0.15) is 0 Å². The molecule has 5 heteroatoms. The van der Waals surface area contributed by atoms with Gasteiger partial charge in [0.25, 0.3) is 0 Å². The third kappa shape index (κ3) is 23.1. The maximum absolute atomic E-state index is 0. The Balaban J connectivity index is 0. The van der Waals surface area contributed by atoms with E-state index in [2.05, 4.69) is 0 Å². The minimum Gasteiger partial charge on any atom is -0.153 e. The first-order valence-corrected chi connectivity index (χ1v) is 0. The molecule has 0 N–H and O–H groups in total. The summed E-state index contributed by atoms with van der Waals surface area (Å²) in [6.07, 6.45) is 0. The van der Waals surface area contributed by atoms with Crippen molar-refractivity contribution in [3.8, 4) is 0 Å². The van der Waals surface area contributed by atoms with Gasteiger partial charge in [-0.25, -0.2) is 0 Å². The molecule has 0 heterocycles. The number of hydrogen-bond donors (Lipinski definition) is 0. The molecule has 0 nitrogen and oxygen atoms in total. The quantitative estimate of drug-likeness (QED) is 0.365. The predicted octanol–water partition coefficient (Wildman–Crippen LogP) is -1.13. The van der Waals surface area contributed by atoms with E-state index in [-0.39, 0.29) is 71.1 Å². The van der Waals surface area contributed by atoms with Gasteiger partial charge in [-0.2, -0.15) is 9.90 Å². The van der Waals surface area contributed by atoms with Gasteiger partial charge in [-0.05, 0) is 0 Å². The van der Waals surface area contributed by atoms with Crippen molar-refractivity contribution in [3.05, 3.63) is 0 Å². The summed E-state index contributed by atoms with van der Waals surface area (Å²) < 4.78 is 0. The zero-order valence-electron chi connectivity index (χ0n) is 2.06. The van der Waals surface area contributed by atoms with Gasteiger partial charge < -0.3 is 0 Å². The molecule has 0 aromatic heterocycles. The van der Waals surface area contributed by atoms with Crippen LogP contribution >= 0.6 is 9.90 Å². The molecule has 0 spiro atoms. The van der Waals surface area contributed by atoms with Gasteiger partial charge in [0, 0.05) is 52.7 Å². The van der Waals surface area contributed by atoms with Crippen molar-refractivity contribution in [2.45, 2.75) is 0 Å². The SMILES string of the molecule is B.P.[Co].[Ni].[Zn]. The van der Waals surface area contributed by atoms with Gasteiger partial charge in [0.2, 0.25) is 0 Å². The molecule has 0 aliphatic heterocycles. The van der Waals surface area contributed by atoms with Crippen molar-refractivity contribution in [2.75, 3.05) is 0 Å². The maximum Gasteiger partial charge on any atom is 0.0814 e. The van der Waals surface area contributed by atoms with Crippen molar-refractivity contribution in [1.29, 1.82) is 0 Å². The van der Waals surface area contributed by atoms with Gasteiger partial charge in [-0.15, -0.1) is 0 Å². The molecule has 1 unspecified atom stereocenters. The molecule has 0 amide bonds. The fourth-order valence-electron chi connectivity index (χ4n) is 0. The van der Waals surface area contributed by atoms with Crippen LogP contribution in [-0.2, 0) is 52.7 Å². The zero-order chi connectivity index (χ0) is 0. The van der Waals surface area contributed by atoms with E-state index in [1.807, 2.05) is 0 Å². The number of hydrogen-bond acceptors (Lipinski definition) is 0. The average Bonchev–Trinajstić information content (AvgIpc) is 0. The van der Waals surface area contributed by atoms with Crippen molar-refractivity contribution < 1.29 is 52.7 Å². The Morgan fingerprint density at radius 3 is 1.00 bits per heavy atom. The molecular weight excluding hydrogens is 225 g/mol. The van der Waals surface area contributed by atoms with Crippen LogP contribution in [-0.4, -0.2) is 8.41 Å². The third-order valence-corrected chi connectivity index (χ3v) is 0. The Kier molecular flexibility index (Phi) is 424. The molecule has 35 valence electrons. The first-order valence-electron chi connectivity index (χ1n) is 0. The number of rotatable bonds is 0. The summed E-state index contributed by atoms with van der Waals surface area (Å²) in [4.78, 5) is 0. The largest absolute Gasteiger partial charge is 0.153 e. The van der Waals surface area contributed by atoms with Gasteiger partial charge in [-0.1, -0.05) is 0 Å². The van der Waals surface area contributed by atoms with Crippen LogP contribution in [0.2, 0.25) is 0 Å². The minimum atomic E-state index is 0. The summed E-state index contributed by atoms with van der Waals surface area (Å²) in [6, 6.07) is 0. The molecule has 0 fully saturated rings. The zero-order valence-corrected chi connectivity index (χ0v) is 8.47. The second-order valence-corrected chi connectivity index (χ2v) is 0. The van der Waals surface area contributed by atoms with Crippen LogP contribution in [0.15, 0.2) is 0 Å². The van der Waals surface area contributed by atoms with Crippen molar-refractivity contribution in [3.63, 3.8) is 0 Å². The Morgan fingerprint density at radius 2 is 1.00 bits per heavy atom. The molecule has 1 radical (unpaired) electrons. The maximum atomic E-state index is 0. The van der Waals surface area contributed by atoms with Crippen molar-refractivity contribution >= 4 is 18.3 Å². The second-order valence-electron chi connectivity index (χ2n) is 0. The molecule has 0 aliphatic carbocycles. The van der Waals surface area contributed by atoms with Crippen LogP contribution in [0.5, 0.6) is 0 Å². The Morgan fingerprint density at radius 1 is 1.00 bits per heavy atom. The monoisotopic (exact) mass is 229 g/mol. The Hall–Kier alpha value is 2.12. The summed E-state index contributed by atoms with van der Waals surface area (Å²) in [6.45, 7) is 0. The molecule has 0 aliphatic rings. The van der Waals surface area contributed by atoms with Gasteiger partial charge in [0.1, 0.15) is 0 Å². The van der Waals surface area contributed by atoms with E-state index in [0.29, 0.717) is 0 Å². The van der Waals surface area contributed by atoms with Gasteiger partial charge in [0.05, 0.1) is 8.41 Å². The van der Waals surface area contributed by atoms with E-state index in [9.17, 15) is 0 Å². The Bertz CT molecular complexity index is 11.6. The molecule has 1 atom stereocenters. The molecule has 0 aromatic rings. The molecule has 0 bridgehead atoms. The molecule has 0 saturated heterocycles. The van der Waals surface area contributed by atoms with E-state index in [1.165, 1.54) is 0 Å². The summed E-state index contributed by atoms with van der Waals surface area (Å²) in [5, 5.41) is 0. The first-order chi connectivity index (χ1) is 0. The van der Waals surface area contributed by atoms with E-state index < -0.39 is 0 Å². The summed E-state index contributed by atoms with van der Waals surface area (Å²) >= 11 is 0. The van der Waals surface area contributed by atoms with E-state index in [0.717, 1.165) is 0 Å². The molecule has 0 aromatic carbocycles. The van der Waals surface area contributed by atoms with E-state index in [1.54, 1.807) is 0 Å². The predicted molar refractivity (Wildman–Crippen MR) is 21.0 cm³/mol. The van der Waals surface area contributed by atoms with Crippen LogP contribution < -0.4 is 0 Å². The average molecular weight is 231 g/mol. The topological polar surface area (TPSA) is 0 Å². The van der Waals surface area contributed by atoms with Crippen LogP contribution in [0.3, 0.4) is 0 Å². The normalized spacial score (nSPS) is 0. The van der Waals surface area contributed by atoms with E-state index >= 15 is 0 Å². The minimum absolute atomic E-state index is 0. The second kappa shape index (κ2) is 35.7. The van der Waals surface area contributed by atoms with Gasteiger partial charge in [-0.3, -0.25) is 0 Å². The standard InChI is InChI=1S/BH3.Co.Ni.H3P.Zn/h1H3;;;1H3;. The molecule has 0 rings (SSSR count). The van der Waals surface area contributed by atoms with Crippen LogP contribution in [0.25, 0.3) is 0 Å². The molecule has 5 heavy (non-hydrogen) atoms.